The lowest BCUT2D eigenvalue weighted by molar-refractivity contribution is 0.179. The number of para-hydroxylation sites is 1. The molecule has 0 radical (unpaired) electrons. The molecule has 0 spiro atoms. The molecule has 5 nitrogen and oxygen atoms in total. The number of rotatable bonds is 3. The van der Waals surface area contributed by atoms with E-state index in [1.165, 1.54) is 25.3 Å². The molecule has 1 heterocycles. The zero-order valence-electron chi connectivity index (χ0n) is 13.0. The van der Waals surface area contributed by atoms with Gasteiger partial charge in [-0.25, -0.2) is 14.2 Å². The number of fused-ring (bicyclic) bond motifs is 1. The molecule has 1 atom stereocenters. The molecular formula is C17H22FN3O2. The van der Waals surface area contributed by atoms with Gasteiger partial charge in [-0.2, -0.15) is 0 Å². The minimum Gasteiger partial charge on any atom is -0.465 e. The topological polar surface area (TPSA) is 78.0 Å². The summed E-state index contributed by atoms with van der Waals surface area (Å²) in [5.74, 6) is 0.310. The van der Waals surface area contributed by atoms with Crippen molar-refractivity contribution in [2.24, 2.45) is 5.92 Å². The molecule has 124 valence electrons. The van der Waals surface area contributed by atoms with E-state index in [1.54, 1.807) is 12.1 Å². The third kappa shape index (κ3) is 3.63. The van der Waals surface area contributed by atoms with Crippen molar-refractivity contribution in [3.05, 3.63) is 29.8 Å². The SMILES string of the molecule is O=C(O)NC(c1nc2c(F)cccc2[nH]1)C1CCCCCCC1. The van der Waals surface area contributed by atoms with E-state index in [-0.39, 0.29) is 11.4 Å². The van der Waals surface area contributed by atoms with Crippen molar-refractivity contribution in [1.82, 2.24) is 15.3 Å². The molecule has 0 aliphatic heterocycles. The highest BCUT2D eigenvalue weighted by Gasteiger charge is 2.28. The zero-order valence-corrected chi connectivity index (χ0v) is 13.0. The Kier molecular flexibility index (Phi) is 4.79. The molecule has 1 aliphatic carbocycles. The number of aromatic amines is 1. The molecule has 1 aromatic carbocycles. The largest absolute Gasteiger partial charge is 0.465 e. The highest BCUT2D eigenvalue weighted by Crippen LogP contribution is 2.33. The van der Waals surface area contributed by atoms with Crippen molar-refractivity contribution in [1.29, 1.82) is 0 Å². The molecule has 1 amide bonds. The van der Waals surface area contributed by atoms with E-state index in [0.717, 1.165) is 25.7 Å². The second kappa shape index (κ2) is 6.98. The Morgan fingerprint density at radius 2 is 1.96 bits per heavy atom. The van der Waals surface area contributed by atoms with Gasteiger partial charge in [-0.15, -0.1) is 0 Å². The maximum atomic E-state index is 13.9. The zero-order chi connectivity index (χ0) is 16.2. The quantitative estimate of drug-likeness (QED) is 0.786. The fourth-order valence-electron chi connectivity index (χ4n) is 3.53. The Morgan fingerprint density at radius 3 is 2.61 bits per heavy atom. The van der Waals surface area contributed by atoms with Crippen LogP contribution in [0, 0.1) is 11.7 Å². The number of carboxylic acid groups (broad SMARTS) is 1. The lowest BCUT2D eigenvalue weighted by Gasteiger charge is -2.27. The van der Waals surface area contributed by atoms with Gasteiger partial charge in [0.2, 0.25) is 0 Å². The Morgan fingerprint density at radius 1 is 1.26 bits per heavy atom. The minimum atomic E-state index is -1.07. The van der Waals surface area contributed by atoms with Crippen LogP contribution in [0.25, 0.3) is 11.0 Å². The third-order valence-corrected chi connectivity index (χ3v) is 4.68. The van der Waals surface area contributed by atoms with Crippen LogP contribution in [0.1, 0.15) is 56.8 Å². The minimum absolute atomic E-state index is 0.190. The number of carbonyl (C=O) groups is 1. The number of nitrogens with zero attached hydrogens (tertiary/aromatic N) is 1. The lowest BCUT2D eigenvalue weighted by Crippen LogP contribution is -2.33. The van der Waals surface area contributed by atoms with Gasteiger partial charge in [-0.05, 0) is 30.9 Å². The first-order chi connectivity index (χ1) is 11.1. The first kappa shape index (κ1) is 15.8. The molecular weight excluding hydrogens is 297 g/mol. The van der Waals surface area contributed by atoms with Crippen LogP contribution >= 0.6 is 0 Å². The van der Waals surface area contributed by atoms with Crippen molar-refractivity contribution in [2.75, 3.05) is 0 Å². The Balaban J connectivity index is 1.92. The van der Waals surface area contributed by atoms with Gasteiger partial charge in [-0.1, -0.05) is 38.2 Å². The molecule has 1 unspecified atom stereocenters. The van der Waals surface area contributed by atoms with Gasteiger partial charge < -0.3 is 15.4 Å². The molecule has 3 N–H and O–H groups in total. The summed E-state index contributed by atoms with van der Waals surface area (Å²) in [4.78, 5) is 18.7. The average Bonchev–Trinajstić information content (AvgIpc) is 2.90. The molecule has 1 fully saturated rings. The van der Waals surface area contributed by atoms with Crippen LogP contribution in [-0.2, 0) is 0 Å². The summed E-state index contributed by atoms with van der Waals surface area (Å²) in [5, 5.41) is 11.8. The highest BCUT2D eigenvalue weighted by molar-refractivity contribution is 5.76. The van der Waals surface area contributed by atoms with Crippen LogP contribution in [-0.4, -0.2) is 21.2 Å². The average molecular weight is 319 g/mol. The molecule has 0 bridgehead atoms. The molecule has 23 heavy (non-hydrogen) atoms. The number of halogens is 1. The predicted octanol–water partition coefficient (Wildman–Crippen LogP) is 4.37. The number of H-pyrrole nitrogens is 1. The van der Waals surface area contributed by atoms with Crippen LogP contribution in [0.4, 0.5) is 9.18 Å². The summed E-state index contributed by atoms with van der Waals surface area (Å²) in [7, 11) is 0. The van der Waals surface area contributed by atoms with Crippen molar-refractivity contribution in [3.63, 3.8) is 0 Å². The van der Waals surface area contributed by atoms with E-state index in [1.807, 2.05) is 0 Å². The second-order valence-corrected chi connectivity index (χ2v) is 6.29. The number of nitrogens with one attached hydrogen (secondary N) is 2. The van der Waals surface area contributed by atoms with Gasteiger partial charge in [0.05, 0.1) is 11.6 Å². The van der Waals surface area contributed by atoms with Crippen LogP contribution < -0.4 is 5.32 Å². The summed E-state index contributed by atoms with van der Waals surface area (Å²) in [6.45, 7) is 0. The molecule has 3 rings (SSSR count). The fourth-order valence-corrected chi connectivity index (χ4v) is 3.53. The summed E-state index contributed by atoms with van der Waals surface area (Å²) in [5.41, 5.74) is 0.869. The predicted molar refractivity (Wildman–Crippen MR) is 85.8 cm³/mol. The second-order valence-electron chi connectivity index (χ2n) is 6.29. The fraction of sp³-hybridized carbons (Fsp3) is 0.529. The standard InChI is InChI=1S/C17H22FN3O2/c18-12-9-6-10-13-15(12)20-16(19-13)14(21-17(22)23)11-7-4-2-1-3-5-8-11/h6,9-11,14,21H,1-5,7-8H2,(H,19,20)(H,22,23). The van der Waals surface area contributed by atoms with Crippen LogP contribution in [0.5, 0.6) is 0 Å². The van der Waals surface area contributed by atoms with Gasteiger partial charge in [0.25, 0.3) is 0 Å². The Bertz CT molecular complexity index is 678. The summed E-state index contributed by atoms with van der Waals surface area (Å²) < 4.78 is 13.9. The van der Waals surface area contributed by atoms with E-state index < -0.39 is 18.0 Å². The van der Waals surface area contributed by atoms with Crippen molar-refractivity contribution in [2.45, 2.75) is 51.0 Å². The van der Waals surface area contributed by atoms with E-state index in [0.29, 0.717) is 11.3 Å². The number of imidazole rings is 1. The number of aromatic nitrogens is 2. The molecule has 0 saturated heterocycles. The highest BCUT2D eigenvalue weighted by atomic mass is 19.1. The van der Waals surface area contributed by atoms with Crippen LogP contribution in [0.3, 0.4) is 0 Å². The van der Waals surface area contributed by atoms with Crippen molar-refractivity contribution < 1.29 is 14.3 Å². The van der Waals surface area contributed by atoms with Crippen LogP contribution in [0.2, 0.25) is 0 Å². The first-order valence-corrected chi connectivity index (χ1v) is 8.29. The van der Waals surface area contributed by atoms with Crippen molar-refractivity contribution >= 4 is 17.1 Å². The Labute approximate surface area is 134 Å². The third-order valence-electron chi connectivity index (χ3n) is 4.68. The Hall–Kier alpha value is -2.11. The van der Waals surface area contributed by atoms with E-state index in [2.05, 4.69) is 15.3 Å². The number of hydrogen-bond acceptors (Lipinski definition) is 2. The smallest absolute Gasteiger partial charge is 0.405 e. The summed E-state index contributed by atoms with van der Waals surface area (Å²) in [6.07, 6.45) is 6.66. The summed E-state index contributed by atoms with van der Waals surface area (Å²) in [6, 6.07) is 4.32. The summed E-state index contributed by atoms with van der Waals surface area (Å²) >= 11 is 0. The first-order valence-electron chi connectivity index (χ1n) is 8.29. The van der Waals surface area contributed by atoms with E-state index in [9.17, 15) is 14.3 Å². The maximum absolute atomic E-state index is 13.9. The van der Waals surface area contributed by atoms with Gasteiger partial charge in [0.15, 0.2) is 5.82 Å². The molecule has 6 heteroatoms. The van der Waals surface area contributed by atoms with Gasteiger partial charge in [0.1, 0.15) is 11.3 Å². The number of benzene rings is 1. The molecule has 1 saturated carbocycles. The van der Waals surface area contributed by atoms with E-state index >= 15 is 0 Å². The van der Waals surface area contributed by atoms with Gasteiger partial charge in [-0.3, -0.25) is 0 Å². The van der Waals surface area contributed by atoms with Crippen molar-refractivity contribution in [3.8, 4) is 0 Å². The number of hydrogen-bond donors (Lipinski definition) is 3. The monoisotopic (exact) mass is 319 g/mol. The maximum Gasteiger partial charge on any atom is 0.405 e. The molecule has 2 aromatic rings. The normalized spacial score (nSPS) is 18.3. The van der Waals surface area contributed by atoms with Gasteiger partial charge in [0, 0.05) is 0 Å². The lowest BCUT2D eigenvalue weighted by atomic mass is 9.85. The number of amides is 1. The van der Waals surface area contributed by atoms with Crippen LogP contribution in [0.15, 0.2) is 18.2 Å². The molecule has 1 aliphatic rings. The molecule has 1 aromatic heterocycles. The van der Waals surface area contributed by atoms with Gasteiger partial charge >= 0.3 is 6.09 Å². The van der Waals surface area contributed by atoms with E-state index in [4.69, 9.17) is 0 Å².